The third-order valence-electron chi connectivity index (χ3n) is 2.82. The lowest BCUT2D eigenvalue weighted by Crippen LogP contribution is -1.95. The summed E-state index contributed by atoms with van der Waals surface area (Å²) in [5, 5.41) is 10.6. The molecule has 2 aromatic heterocycles. The minimum Gasteiger partial charge on any atom is -0.477 e. The SMILES string of the molecule is O=C(O)c1sc2ccccc2c1-c1cccnc1Cl. The van der Waals surface area contributed by atoms with Crippen molar-refractivity contribution in [2.24, 2.45) is 0 Å². The number of pyridine rings is 1. The van der Waals surface area contributed by atoms with E-state index < -0.39 is 5.97 Å². The highest BCUT2D eigenvalue weighted by atomic mass is 35.5. The fourth-order valence-electron chi connectivity index (χ4n) is 2.04. The van der Waals surface area contributed by atoms with Crippen molar-refractivity contribution in [2.45, 2.75) is 0 Å². The van der Waals surface area contributed by atoms with E-state index in [0.717, 1.165) is 10.1 Å². The van der Waals surface area contributed by atoms with Crippen LogP contribution in [0.4, 0.5) is 0 Å². The van der Waals surface area contributed by atoms with Crippen LogP contribution < -0.4 is 0 Å². The van der Waals surface area contributed by atoms with Gasteiger partial charge in [-0.15, -0.1) is 11.3 Å². The molecule has 3 rings (SSSR count). The second-order valence-corrected chi connectivity index (χ2v) is 5.36. The third kappa shape index (κ3) is 1.99. The molecular weight excluding hydrogens is 282 g/mol. The van der Waals surface area contributed by atoms with Crippen LogP contribution in [0, 0.1) is 0 Å². The number of thiophene rings is 1. The number of benzene rings is 1. The van der Waals surface area contributed by atoms with Gasteiger partial charge in [-0.05, 0) is 18.2 Å². The molecule has 0 unspecified atom stereocenters. The molecule has 0 aliphatic carbocycles. The van der Waals surface area contributed by atoms with Gasteiger partial charge in [0.05, 0.1) is 0 Å². The van der Waals surface area contributed by atoms with Gasteiger partial charge in [0, 0.05) is 27.4 Å². The number of nitrogens with zero attached hydrogens (tertiary/aromatic N) is 1. The van der Waals surface area contributed by atoms with Crippen LogP contribution in [0.2, 0.25) is 5.15 Å². The van der Waals surface area contributed by atoms with E-state index in [-0.39, 0.29) is 4.88 Å². The Morgan fingerprint density at radius 2 is 2.00 bits per heavy atom. The Morgan fingerprint density at radius 1 is 1.21 bits per heavy atom. The van der Waals surface area contributed by atoms with Gasteiger partial charge >= 0.3 is 5.97 Å². The lowest BCUT2D eigenvalue weighted by Gasteiger charge is -2.03. The molecular formula is C14H8ClNO2S. The average molecular weight is 290 g/mol. The van der Waals surface area contributed by atoms with E-state index in [1.165, 1.54) is 11.3 Å². The second kappa shape index (κ2) is 4.64. The highest BCUT2D eigenvalue weighted by Gasteiger charge is 2.20. The summed E-state index contributed by atoms with van der Waals surface area (Å²) in [5.41, 5.74) is 1.30. The lowest BCUT2D eigenvalue weighted by atomic mass is 10.0. The van der Waals surface area contributed by atoms with E-state index in [1.807, 2.05) is 24.3 Å². The first kappa shape index (κ1) is 12.1. The predicted octanol–water partition coefficient (Wildman–Crippen LogP) is 4.31. The molecule has 0 fully saturated rings. The zero-order valence-corrected chi connectivity index (χ0v) is 11.2. The van der Waals surface area contributed by atoms with E-state index >= 15 is 0 Å². The number of aromatic carboxylic acids is 1. The summed E-state index contributed by atoms with van der Waals surface area (Å²) in [7, 11) is 0. The number of fused-ring (bicyclic) bond motifs is 1. The molecule has 0 spiro atoms. The first-order chi connectivity index (χ1) is 9.18. The van der Waals surface area contributed by atoms with Crippen molar-refractivity contribution < 1.29 is 9.90 Å². The van der Waals surface area contributed by atoms with Gasteiger partial charge in [0.2, 0.25) is 0 Å². The summed E-state index contributed by atoms with van der Waals surface area (Å²) in [6, 6.07) is 11.1. The van der Waals surface area contributed by atoms with Crippen molar-refractivity contribution in [3.8, 4) is 11.1 Å². The molecule has 94 valence electrons. The van der Waals surface area contributed by atoms with Gasteiger partial charge in [0.15, 0.2) is 0 Å². The van der Waals surface area contributed by atoms with Crippen LogP contribution in [0.3, 0.4) is 0 Å². The standard InChI is InChI=1S/C14H8ClNO2S/c15-13-9(5-3-7-16-13)11-8-4-1-2-6-10(8)19-12(11)14(17)18/h1-7H,(H,17,18). The summed E-state index contributed by atoms with van der Waals surface area (Å²) in [4.78, 5) is 15.7. The second-order valence-electron chi connectivity index (χ2n) is 3.95. The molecule has 0 atom stereocenters. The number of rotatable bonds is 2. The van der Waals surface area contributed by atoms with Crippen LogP contribution in [0.25, 0.3) is 21.2 Å². The predicted molar refractivity (Wildman–Crippen MR) is 77.0 cm³/mol. The summed E-state index contributed by atoms with van der Waals surface area (Å²) in [5.74, 6) is -0.948. The number of aromatic nitrogens is 1. The van der Waals surface area contributed by atoms with Gasteiger partial charge in [0.1, 0.15) is 10.0 Å². The molecule has 1 aromatic carbocycles. The minimum atomic E-state index is -0.948. The molecule has 0 bridgehead atoms. The Labute approximate surface area is 118 Å². The number of hydrogen-bond acceptors (Lipinski definition) is 3. The molecule has 0 amide bonds. The molecule has 1 N–H and O–H groups in total. The van der Waals surface area contributed by atoms with Crippen molar-refractivity contribution in [3.05, 3.63) is 52.6 Å². The van der Waals surface area contributed by atoms with E-state index in [2.05, 4.69) is 4.98 Å². The summed E-state index contributed by atoms with van der Waals surface area (Å²) in [6.07, 6.45) is 1.58. The van der Waals surface area contributed by atoms with Gasteiger partial charge in [-0.1, -0.05) is 29.8 Å². The van der Waals surface area contributed by atoms with Gasteiger partial charge in [-0.2, -0.15) is 0 Å². The molecule has 5 heteroatoms. The monoisotopic (exact) mass is 289 g/mol. The normalized spacial score (nSPS) is 10.8. The highest BCUT2D eigenvalue weighted by molar-refractivity contribution is 7.21. The van der Waals surface area contributed by atoms with Crippen LogP contribution in [-0.2, 0) is 0 Å². The molecule has 0 radical (unpaired) electrons. The van der Waals surface area contributed by atoms with Crippen molar-refractivity contribution in [1.29, 1.82) is 0 Å². The first-order valence-electron chi connectivity index (χ1n) is 5.54. The van der Waals surface area contributed by atoms with E-state index in [1.54, 1.807) is 18.3 Å². The van der Waals surface area contributed by atoms with Gasteiger partial charge < -0.3 is 5.11 Å². The summed E-state index contributed by atoms with van der Waals surface area (Å²) >= 11 is 7.34. The maximum atomic E-state index is 11.4. The fourth-order valence-corrected chi connectivity index (χ4v) is 3.31. The molecule has 3 nitrogen and oxygen atoms in total. The highest BCUT2D eigenvalue weighted by Crippen LogP contribution is 2.40. The van der Waals surface area contributed by atoms with E-state index in [0.29, 0.717) is 16.3 Å². The van der Waals surface area contributed by atoms with Crippen molar-refractivity contribution in [1.82, 2.24) is 4.98 Å². The zero-order valence-electron chi connectivity index (χ0n) is 9.63. The zero-order chi connectivity index (χ0) is 13.4. The average Bonchev–Trinajstić information content (AvgIpc) is 2.79. The molecule has 0 aliphatic heterocycles. The smallest absolute Gasteiger partial charge is 0.346 e. The maximum Gasteiger partial charge on any atom is 0.346 e. The van der Waals surface area contributed by atoms with Crippen LogP contribution >= 0.6 is 22.9 Å². The molecule has 0 saturated heterocycles. The Bertz CT molecular complexity index is 782. The molecule has 2 heterocycles. The molecule has 0 aliphatic rings. The largest absolute Gasteiger partial charge is 0.477 e. The Balaban J connectivity index is 2.42. The van der Waals surface area contributed by atoms with Crippen LogP contribution in [0.1, 0.15) is 9.67 Å². The Morgan fingerprint density at radius 3 is 2.74 bits per heavy atom. The number of hydrogen-bond donors (Lipinski definition) is 1. The number of halogens is 1. The maximum absolute atomic E-state index is 11.4. The van der Waals surface area contributed by atoms with Crippen LogP contribution in [0.15, 0.2) is 42.6 Å². The molecule has 19 heavy (non-hydrogen) atoms. The molecule has 0 saturated carbocycles. The third-order valence-corrected chi connectivity index (χ3v) is 4.28. The first-order valence-corrected chi connectivity index (χ1v) is 6.73. The van der Waals surface area contributed by atoms with E-state index in [4.69, 9.17) is 11.6 Å². The van der Waals surface area contributed by atoms with Crippen molar-refractivity contribution >= 4 is 39.0 Å². The lowest BCUT2D eigenvalue weighted by molar-refractivity contribution is 0.0703. The van der Waals surface area contributed by atoms with Gasteiger partial charge in [-0.3, -0.25) is 0 Å². The topological polar surface area (TPSA) is 50.2 Å². The van der Waals surface area contributed by atoms with Crippen LogP contribution in [0.5, 0.6) is 0 Å². The van der Waals surface area contributed by atoms with Crippen molar-refractivity contribution in [2.75, 3.05) is 0 Å². The number of carboxylic acid groups (broad SMARTS) is 1. The van der Waals surface area contributed by atoms with E-state index in [9.17, 15) is 9.90 Å². The van der Waals surface area contributed by atoms with Crippen LogP contribution in [-0.4, -0.2) is 16.1 Å². The quantitative estimate of drug-likeness (QED) is 0.715. The summed E-state index contributed by atoms with van der Waals surface area (Å²) < 4.78 is 0.926. The number of carboxylic acids is 1. The fraction of sp³-hybridized carbons (Fsp3) is 0. The minimum absolute atomic E-state index is 0.288. The number of carbonyl (C=O) groups is 1. The summed E-state index contributed by atoms with van der Waals surface area (Å²) in [6.45, 7) is 0. The molecule has 3 aromatic rings. The Hall–Kier alpha value is -1.91. The van der Waals surface area contributed by atoms with Gasteiger partial charge in [0.25, 0.3) is 0 Å². The van der Waals surface area contributed by atoms with Crippen molar-refractivity contribution in [3.63, 3.8) is 0 Å². The Kier molecular flexibility index (Phi) is 2.97. The van der Waals surface area contributed by atoms with Gasteiger partial charge in [-0.25, -0.2) is 9.78 Å².